The van der Waals surface area contributed by atoms with Gasteiger partial charge in [0.15, 0.2) is 0 Å². The van der Waals surface area contributed by atoms with Crippen molar-refractivity contribution >= 4 is 10.9 Å². The van der Waals surface area contributed by atoms with Gasteiger partial charge in [-0.05, 0) is 113 Å². The van der Waals surface area contributed by atoms with E-state index < -0.39 is 11.9 Å². The zero-order valence-corrected chi connectivity index (χ0v) is 21.5. The Balaban J connectivity index is 1.09. The van der Waals surface area contributed by atoms with E-state index in [4.69, 9.17) is 4.74 Å². The zero-order chi connectivity index (χ0) is 25.8. The van der Waals surface area contributed by atoms with Gasteiger partial charge in [0.1, 0.15) is 18.1 Å². The summed E-state index contributed by atoms with van der Waals surface area (Å²) < 4.78 is 44.9. The van der Waals surface area contributed by atoms with Gasteiger partial charge in [-0.15, -0.1) is 0 Å². The van der Waals surface area contributed by atoms with Crippen LogP contribution in [0.15, 0.2) is 54.6 Å². The van der Waals surface area contributed by atoms with Crippen LogP contribution >= 0.6 is 0 Å². The molecule has 0 spiro atoms. The minimum absolute atomic E-state index is 0.299. The number of rotatable bonds is 7. The van der Waals surface area contributed by atoms with Crippen molar-refractivity contribution in [2.24, 2.45) is 5.92 Å². The molecule has 0 atom stereocenters. The molecule has 3 aromatic rings. The van der Waals surface area contributed by atoms with Gasteiger partial charge in [-0.3, -0.25) is 4.90 Å². The van der Waals surface area contributed by atoms with Crippen LogP contribution in [0.5, 0.6) is 5.75 Å². The molecule has 0 radical (unpaired) electrons. The minimum Gasteiger partial charge on any atom is -0.492 e. The topological polar surface area (TPSA) is 28.6 Å². The van der Waals surface area contributed by atoms with Gasteiger partial charge >= 0.3 is 6.18 Å². The van der Waals surface area contributed by atoms with Gasteiger partial charge in [-0.25, -0.2) is 4.98 Å². The van der Waals surface area contributed by atoms with Crippen LogP contribution in [-0.4, -0.2) is 61.2 Å². The number of likely N-dealkylation sites (tertiary alicyclic amines) is 2. The summed E-state index contributed by atoms with van der Waals surface area (Å²) in [5, 5.41) is 0.608. The molecule has 7 heteroatoms. The number of nitrogens with zero attached hydrogens (tertiary/aromatic N) is 3. The van der Waals surface area contributed by atoms with Crippen LogP contribution in [0.2, 0.25) is 0 Å². The number of benzene rings is 2. The monoisotopic (exact) mass is 511 g/mol. The maximum absolute atomic E-state index is 13.0. The molecule has 2 saturated heterocycles. The number of ether oxygens (including phenoxy) is 1. The molecule has 198 valence electrons. The summed E-state index contributed by atoms with van der Waals surface area (Å²) in [4.78, 5) is 8.61. The third kappa shape index (κ3) is 6.63. The second-order valence-corrected chi connectivity index (χ2v) is 10.7. The lowest BCUT2D eigenvalue weighted by Crippen LogP contribution is -2.37. The normalized spacial score (nSPS) is 18.9. The molecule has 5 rings (SSSR count). The van der Waals surface area contributed by atoms with Crippen molar-refractivity contribution in [3.8, 4) is 5.75 Å². The Kier molecular flexibility index (Phi) is 8.01. The predicted octanol–water partition coefficient (Wildman–Crippen LogP) is 6.40. The van der Waals surface area contributed by atoms with E-state index in [1.807, 2.05) is 0 Å². The molecule has 2 aliphatic heterocycles. The van der Waals surface area contributed by atoms with Gasteiger partial charge in [0, 0.05) is 11.9 Å². The molecule has 0 N–H and O–H groups in total. The summed E-state index contributed by atoms with van der Waals surface area (Å²) >= 11 is 0. The molecule has 0 amide bonds. The number of alkyl halides is 3. The molecule has 1 aromatic heterocycles. The number of piperidine rings is 2. The van der Waals surface area contributed by atoms with Crippen molar-refractivity contribution < 1.29 is 17.9 Å². The van der Waals surface area contributed by atoms with Gasteiger partial charge in [0.25, 0.3) is 0 Å². The van der Waals surface area contributed by atoms with Crippen molar-refractivity contribution in [1.82, 2.24) is 14.8 Å². The summed E-state index contributed by atoms with van der Waals surface area (Å²) in [6.45, 7) is 5.79. The first-order chi connectivity index (χ1) is 17.8. The summed E-state index contributed by atoms with van der Waals surface area (Å²) in [6.07, 6.45) is 1.56. The summed E-state index contributed by atoms with van der Waals surface area (Å²) in [7, 11) is 2.21. The zero-order valence-electron chi connectivity index (χ0n) is 21.5. The first kappa shape index (κ1) is 26.0. The van der Waals surface area contributed by atoms with Crippen LogP contribution in [0.1, 0.15) is 48.4 Å². The fourth-order valence-corrected chi connectivity index (χ4v) is 5.76. The first-order valence-corrected chi connectivity index (χ1v) is 13.4. The molecular formula is C30H36F3N3O. The standard InChI is InChI=1S/C30H36F3N3O/c1-35-14-12-24(13-15-35)25-5-2-4-23(21-25)20-22-10-16-36(17-11-22)18-19-37-28-7-3-6-27-26(28)8-9-29(34-27)30(31,32)33/h2-9,21-22,24H,10-20H2,1H3. The lowest BCUT2D eigenvalue weighted by molar-refractivity contribution is -0.140. The highest BCUT2D eigenvalue weighted by molar-refractivity contribution is 5.85. The maximum atomic E-state index is 13.0. The summed E-state index contributed by atoms with van der Waals surface area (Å²) in [5.74, 6) is 1.98. The smallest absolute Gasteiger partial charge is 0.433 e. The fraction of sp³-hybridized carbons (Fsp3) is 0.500. The van der Waals surface area contributed by atoms with Gasteiger partial charge in [0.05, 0.1) is 5.52 Å². The van der Waals surface area contributed by atoms with E-state index in [2.05, 4.69) is 46.1 Å². The van der Waals surface area contributed by atoms with Crippen LogP contribution in [0.25, 0.3) is 10.9 Å². The fourth-order valence-electron chi connectivity index (χ4n) is 5.76. The van der Waals surface area contributed by atoms with Crippen molar-refractivity contribution in [2.45, 2.75) is 44.2 Å². The average molecular weight is 512 g/mol. The van der Waals surface area contributed by atoms with Crippen molar-refractivity contribution in [3.05, 3.63) is 71.4 Å². The van der Waals surface area contributed by atoms with Crippen LogP contribution in [0.3, 0.4) is 0 Å². The second kappa shape index (κ2) is 11.4. The molecule has 3 heterocycles. The number of halogens is 3. The van der Waals surface area contributed by atoms with E-state index in [0.29, 0.717) is 35.1 Å². The largest absolute Gasteiger partial charge is 0.492 e. The lowest BCUT2D eigenvalue weighted by Gasteiger charge is -2.32. The Labute approximate surface area is 217 Å². The molecule has 0 unspecified atom stereocenters. The molecular weight excluding hydrogens is 475 g/mol. The van der Waals surface area contributed by atoms with Crippen LogP contribution in [-0.2, 0) is 12.6 Å². The Morgan fingerprint density at radius 1 is 0.919 bits per heavy atom. The highest BCUT2D eigenvalue weighted by Crippen LogP contribution is 2.32. The molecule has 0 aliphatic carbocycles. The van der Waals surface area contributed by atoms with E-state index in [1.54, 1.807) is 18.2 Å². The highest BCUT2D eigenvalue weighted by Gasteiger charge is 2.32. The Morgan fingerprint density at radius 2 is 1.68 bits per heavy atom. The van der Waals surface area contributed by atoms with Crippen molar-refractivity contribution in [2.75, 3.05) is 46.4 Å². The Hall–Kier alpha value is -2.64. The highest BCUT2D eigenvalue weighted by atomic mass is 19.4. The number of pyridine rings is 1. The van der Waals surface area contributed by atoms with Crippen LogP contribution < -0.4 is 4.74 Å². The van der Waals surface area contributed by atoms with Gasteiger partial charge < -0.3 is 9.64 Å². The summed E-state index contributed by atoms with van der Waals surface area (Å²) in [5.41, 5.74) is 2.40. The number of fused-ring (bicyclic) bond motifs is 1. The molecule has 0 bridgehead atoms. The molecule has 2 fully saturated rings. The van der Waals surface area contributed by atoms with Crippen LogP contribution in [0, 0.1) is 5.92 Å². The lowest BCUT2D eigenvalue weighted by atomic mass is 9.86. The van der Waals surface area contributed by atoms with Crippen LogP contribution in [0.4, 0.5) is 13.2 Å². The number of hydrogen-bond acceptors (Lipinski definition) is 4. The molecule has 0 saturated carbocycles. The molecule has 37 heavy (non-hydrogen) atoms. The van der Waals surface area contributed by atoms with Gasteiger partial charge in [-0.2, -0.15) is 13.2 Å². The first-order valence-electron chi connectivity index (χ1n) is 13.4. The molecule has 4 nitrogen and oxygen atoms in total. The summed E-state index contributed by atoms with van der Waals surface area (Å²) in [6, 6.07) is 16.8. The molecule has 2 aromatic carbocycles. The third-order valence-electron chi connectivity index (χ3n) is 8.02. The van der Waals surface area contributed by atoms with Crippen molar-refractivity contribution in [1.29, 1.82) is 0 Å². The number of aromatic nitrogens is 1. The average Bonchev–Trinajstić information content (AvgIpc) is 2.89. The SMILES string of the molecule is CN1CCC(c2cccc(CC3CCN(CCOc4cccc5nc(C(F)(F)F)ccc45)CC3)c2)CC1. The third-order valence-corrected chi connectivity index (χ3v) is 8.02. The van der Waals surface area contributed by atoms with Gasteiger partial charge in [0.2, 0.25) is 0 Å². The predicted molar refractivity (Wildman–Crippen MR) is 141 cm³/mol. The maximum Gasteiger partial charge on any atom is 0.433 e. The van der Waals surface area contributed by atoms with E-state index in [9.17, 15) is 13.2 Å². The van der Waals surface area contributed by atoms with E-state index in [0.717, 1.165) is 32.1 Å². The number of hydrogen-bond donors (Lipinski definition) is 0. The molecule has 2 aliphatic rings. The Morgan fingerprint density at radius 3 is 2.43 bits per heavy atom. The Bertz CT molecular complexity index is 1180. The van der Waals surface area contributed by atoms with E-state index >= 15 is 0 Å². The quantitative estimate of drug-likeness (QED) is 0.367. The minimum atomic E-state index is -4.45. The van der Waals surface area contributed by atoms with E-state index in [-0.39, 0.29) is 0 Å². The van der Waals surface area contributed by atoms with Crippen molar-refractivity contribution in [3.63, 3.8) is 0 Å². The van der Waals surface area contributed by atoms with Gasteiger partial charge in [-0.1, -0.05) is 30.3 Å². The van der Waals surface area contributed by atoms with E-state index in [1.165, 1.54) is 56.0 Å². The second-order valence-electron chi connectivity index (χ2n) is 10.7.